The minimum Gasteiger partial charge on any atom is -0.489 e. The van der Waals surface area contributed by atoms with Crippen LogP contribution in [-0.2, 0) is 21.7 Å². The van der Waals surface area contributed by atoms with E-state index < -0.39 is 11.4 Å². The number of benzene rings is 3. The lowest BCUT2D eigenvalue weighted by Crippen LogP contribution is -2.42. The Kier molecular flexibility index (Phi) is 5.53. The van der Waals surface area contributed by atoms with Gasteiger partial charge in [0.15, 0.2) is 5.79 Å². The van der Waals surface area contributed by atoms with Crippen molar-refractivity contribution >= 4 is 0 Å². The molecule has 0 unspecified atom stereocenters. The summed E-state index contributed by atoms with van der Waals surface area (Å²) in [7, 11) is 0. The van der Waals surface area contributed by atoms with Crippen LogP contribution in [0.2, 0.25) is 0 Å². The number of rotatable bonds is 5. The maximum atomic E-state index is 11.2. The molecule has 0 amide bonds. The van der Waals surface area contributed by atoms with Crippen LogP contribution >= 0.6 is 0 Å². The summed E-state index contributed by atoms with van der Waals surface area (Å²) in [6.07, 6.45) is 2.77. The Labute approximate surface area is 183 Å². The summed E-state index contributed by atoms with van der Waals surface area (Å²) in [5.41, 5.74) is 3.55. The lowest BCUT2D eigenvalue weighted by molar-refractivity contribution is -0.204. The standard InChI is InChI=1S/C27H28O4/c28-26(14-16-27(17-15-26)30-18-19-31-27)24-10-6-22(7-11-24)23-8-12-25(13-9-23)29-20-21-4-2-1-3-5-21/h1-13,28H,14-20H2. The van der Waals surface area contributed by atoms with E-state index in [9.17, 15) is 5.11 Å². The first-order valence-corrected chi connectivity index (χ1v) is 11.0. The molecule has 5 rings (SSSR count). The molecule has 1 spiro atoms. The van der Waals surface area contributed by atoms with E-state index in [2.05, 4.69) is 36.4 Å². The molecule has 0 aromatic heterocycles. The van der Waals surface area contributed by atoms with Crippen LogP contribution in [0.5, 0.6) is 5.75 Å². The maximum Gasteiger partial charge on any atom is 0.168 e. The summed E-state index contributed by atoms with van der Waals surface area (Å²) >= 11 is 0. The van der Waals surface area contributed by atoms with Gasteiger partial charge in [-0.05, 0) is 47.2 Å². The molecule has 2 aliphatic rings. The van der Waals surface area contributed by atoms with Crippen LogP contribution in [0, 0.1) is 0 Å². The van der Waals surface area contributed by atoms with Crippen LogP contribution in [0.4, 0.5) is 0 Å². The van der Waals surface area contributed by atoms with E-state index in [1.807, 2.05) is 42.5 Å². The Bertz CT molecular complexity index is 980. The van der Waals surface area contributed by atoms with E-state index in [0.717, 1.165) is 40.8 Å². The van der Waals surface area contributed by atoms with Gasteiger partial charge in [0.25, 0.3) is 0 Å². The Morgan fingerprint density at radius 1 is 0.710 bits per heavy atom. The molecule has 1 aliphatic carbocycles. The van der Waals surface area contributed by atoms with Crippen molar-refractivity contribution in [2.24, 2.45) is 0 Å². The number of hydrogen-bond donors (Lipinski definition) is 1. The van der Waals surface area contributed by atoms with Crippen molar-refractivity contribution < 1.29 is 19.3 Å². The van der Waals surface area contributed by atoms with Gasteiger partial charge in [-0.15, -0.1) is 0 Å². The van der Waals surface area contributed by atoms with Gasteiger partial charge in [-0.25, -0.2) is 0 Å². The second-order valence-electron chi connectivity index (χ2n) is 8.52. The largest absolute Gasteiger partial charge is 0.489 e. The first kappa shape index (κ1) is 20.3. The van der Waals surface area contributed by atoms with Gasteiger partial charge in [0.2, 0.25) is 0 Å². The van der Waals surface area contributed by atoms with Gasteiger partial charge in [0.05, 0.1) is 18.8 Å². The smallest absolute Gasteiger partial charge is 0.168 e. The van der Waals surface area contributed by atoms with Crippen molar-refractivity contribution in [2.75, 3.05) is 13.2 Å². The minimum atomic E-state index is -0.811. The molecular formula is C27H28O4. The zero-order chi connectivity index (χ0) is 21.2. The fourth-order valence-electron chi connectivity index (χ4n) is 4.58. The highest BCUT2D eigenvalue weighted by Crippen LogP contribution is 2.45. The molecule has 1 saturated carbocycles. The van der Waals surface area contributed by atoms with Crippen LogP contribution in [0.3, 0.4) is 0 Å². The van der Waals surface area contributed by atoms with E-state index in [4.69, 9.17) is 14.2 Å². The summed E-state index contributed by atoms with van der Waals surface area (Å²) in [5.74, 6) is 0.391. The third-order valence-electron chi connectivity index (χ3n) is 6.51. The highest BCUT2D eigenvalue weighted by atomic mass is 16.7. The second kappa shape index (κ2) is 8.46. The molecule has 1 saturated heterocycles. The van der Waals surface area contributed by atoms with E-state index >= 15 is 0 Å². The molecule has 0 radical (unpaired) electrons. The lowest BCUT2D eigenvalue weighted by Gasteiger charge is -2.40. The molecule has 1 heterocycles. The molecule has 4 nitrogen and oxygen atoms in total. The molecule has 4 heteroatoms. The third-order valence-corrected chi connectivity index (χ3v) is 6.51. The molecule has 31 heavy (non-hydrogen) atoms. The summed E-state index contributed by atoms with van der Waals surface area (Å²) < 4.78 is 17.5. The van der Waals surface area contributed by atoms with E-state index in [1.165, 1.54) is 0 Å². The second-order valence-corrected chi connectivity index (χ2v) is 8.52. The summed E-state index contributed by atoms with van der Waals surface area (Å²) in [5, 5.41) is 11.2. The highest BCUT2D eigenvalue weighted by molar-refractivity contribution is 5.64. The van der Waals surface area contributed by atoms with Gasteiger partial charge in [-0.1, -0.05) is 66.7 Å². The van der Waals surface area contributed by atoms with Crippen LogP contribution in [0.25, 0.3) is 11.1 Å². The molecular weight excluding hydrogens is 388 g/mol. The van der Waals surface area contributed by atoms with Crippen molar-refractivity contribution in [3.8, 4) is 16.9 Å². The molecule has 3 aromatic rings. The Hall–Kier alpha value is -2.66. The molecule has 0 bridgehead atoms. The Balaban J connectivity index is 1.22. The molecule has 1 aliphatic heterocycles. The topological polar surface area (TPSA) is 47.9 Å². The van der Waals surface area contributed by atoms with Crippen LogP contribution < -0.4 is 4.74 Å². The normalized spacial score (nSPS) is 19.4. The summed E-state index contributed by atoms with van der Waals surface area (Å²) in [6.45, 7) is 1.87. The van der Waals surface area contributed by atoms with Crippen molar-refractivity contribution in [1.29, 1.82) is 0 Å². The monoisotopic (exact) mass is 416 g/mol. The highest BCUT2D eigenvalue weighted by Gasteiger charge is 2.46. The average Bonchev–Trinajstić information content (AvgIpc) is 3.30. The predicted molar refractivity (Wildman–Crippen MR) is 120 cm³/mol. The van der Waals surface area contributed by atoms with E-state index in [-0.39, 0.29) is 0 Å². The zero-order valence-electron chi connectivity index (χ0n) is 17.6. The summed E-state index contributed by atoms with van der Waals surface area (Å²) in [4.78, 5) is 0. The van der Waals surface area contributed by atoms with Gasteiger partial charge in [-0.2, -0.15) is 0 Å². The van der Waals surface area contributed by atoms with Gasteiger partial charge in [-0.3, -0.25) is 0 Å². The molecule has 160 valence electrons. The molecule has 3 aromatic carbocycles. The fraction of sp³-hybridized carbons (Fsp3) is 0.333. The van der Waals surface area contributed by atoms with E-state index in [1.54, 1.807) is 0 Å². The van der Waals surface area contributed by atoms with Crippen LogP contribution in [-0.4, -0.2) is 24.1 Å². The maximum absolute atomic E-state index is 11.2. The minimum absolute atomic E-state index is 0.462. The van der Waals surface area contributed by atoms with Crippen molar-refractivity contribution in [2.45, 2.75) is 43.7 Å². The Morgan fingerprint density at radius 2 is 1.29 bits per heavy atom. The number of hydrogen-bond acceptors (Lipinski definition) is 4. The van der Waals surface area contributed by atoms with Gasteiger partial charge < -0.3 is 19.3 Å². The zero-order valence-corrected chi connectivity index (χ0v) is 17.6. The number of aliphatic hydroxyl groups is 1. The first-order chi connectivity index (χ1) is 15.1. The molecule has 2 fully saturated rings. The SMILES string of the molecule is OC1(c2ccc(-c3ccc(OCc4ccccc4)cc3)cc2)CCC2(CC1)OCCO2. The molecule has 0 atom stereocenters. The quantitative estimate of drug-likeness (QED) is 0.602. The Morgan fingerprint density at radius 3 is 1.90 bits per heavy atom. The first-order valence-electron chi connectivity index (χ1n) is 11.0. The summed E-state index contributed by atoms with van der Waals surface area (Å²) in [6, 6.07) is 26.6. The average molecular weight is 417 g/mol. The van der Waals surface area contributed by atoms with Crippen LogP contribution in [0.15, 0.2) is 78.9 Å². The van der Waals surface area contributed by atoms with Gasteiger partial charge in [0.1, 0.15) is 12.4 Å². The molecule has 1 N–H and O–H groups in total. The van der Waals surface area contributed by atoms with Gasteiger partial charge in [0, 0.05) is 12.8 Å². The predicted octanol–water partition coefficient (Wildman–Crippen LogP) is 5.44. The number of ether oxygens (including phenoxy) is 3. The van der Waals surface area contributed by atoms with E-state index in [0.29, 0.717) is 32.7 Å². The van der Waals surface area contributed by atoms with Crippen LogP contribution in [0.1, 0.15) is 36.8 Å². The van der Waals surface area contributed by atoms with Crippen molar-refractivity contribution in [3.05, 3.63) is 90.0 Å². The third kappa shape index (κ3) is 4.38. The van der Waals surface area contributed by atoms with Crippen molar-refractivity contribution in [1.82, 2.24) is 0 Å². The fourth-order valence-corrected chi connectivity index (χ4v) is 4.58. The van der Waals surface area contributed by atoms with Crippen molar-refractivity contribution in [3.63, 3.8) is 0 Å². The lowest BCUT2D eigenvalue weighted by atomic mass is 9.77. The van der Waals surface area contributed by atoms with Gasteiger partial charge >= 0.3 is 0 Å².